The Kier molecular flexibility index (Phi) is 5.30. The van der Waals surface area contributed by atoms with Crippen molar-refractivity contribution in [3.05, 3.63) is 63.6 Å². The van der Waals surface area contributed by atoms with Gasteiger partial charge in [-0.2, -0.15) is 0 Å². The second kappa shape index (κ2) is 7.46. The van der Waals surface area contributed by atoms with Gasteiger partial charge in [-0.3, -0.25) is 9.59 Å². The highest BCUT2D eigenvalue weighted by Crippen LogP contribution is 2.25. The first-order valence-electron chi connectivity index (χ1n) is 8.01. The largest absolute Gasteiger partial charge is 0.338 e. The molecule has 0 aliphatic carbocycles. The molecule has 1 aliphatic rings. The van der Waals surface area contributed by atoms with Gasteiger partial charge in [0.2, 0.25) is 11.8 Å². The minimum atomic E-state index is -0.363. The molecule has 1 fully saturated rings. The summed E-state index contributed by atoms with van der Waals surface area (Å²) in [6.45, 7) is 2.79. The van der Waals surface area contributed by atoms with Crippen LogP contribution in [0.3, 0.4) is 0 Å². The first kappa shape index (κ1) is 17.8. The number of carbonyl (C=O) groups excluding carboxylic acids is 2. The molecule has 4 nitrogen and oxygen atoms in total. The third kappa shape index (κ3) is 4.33. The van der Waals surface area contributed by atoms with E-state index in [1.54, 1.807) is 29.2 Å². The van der Waals surface area contributed by atoms with Crippen LogP contribution in [0.25, 0.3) is 0 Å². The summed E-state index contributed by atoms with van der Waals surface area (Å²) >= 11 is 11.9. The number of benzene rings is 2. The third-order valence-corrected chi connectivity index (χ3v) is 4.82. The summed E-state index contributed by atoms with van der Waals surface area (Å²) < 4.78 is 0. The number of anilines is 1. The van der Waals surface area contributed by atoms with Gasteiger partial charge in [0, 0.05) is 35.2 Å². The standard InChI is InChI=1S/C19H18Cl2N2O2/c1-12-2-5-16(21)9-17(12)22-19(25)14-8-18(24)23(11-14)10-13-3-6-15(20)7-4-13/h2-7,9,14H,8,10-11H2,1H3,(H,22,25). The Morgan fingerprint density at radius 1 is 1.16 bits per heavy atom. The zero-order chi connectivity index (χ0) is 18.0. The predicted octanol–water partition coefficient (Wildman–Crippen LogP) is 4.29. The Bertz CT molecular complexity index is 806. The maximum absolute atomic E-state index is 12.5. The summed E-state index contributed by atoms with van der Waals surface area (Å²) in [5.41, 5.74) is 2.60. The third-order valence-electron chi connectivity index (χ3n) is 4.33. The van der Waals surface area contributed by atoms with E-state index >= 15 is 0 Å². The van der Waals surface area contributed by atoms with Crippen molar-refractivity contribution in [3.63, 3.8) is 0 Å². The van der Waals surface area contributed by atoms with Crippen LogP contribution in [0, 0.1) is 12.8 Å². The summed E-state index contributed by atoms with van der Waals surface area (Å²) in [6, 6.07) is 12.7. The van der Waals surface area contributed by atoms with Crippen molar-refractivity contribution in [2.24, 2.45) is 5.92 Å². The number of carbonyl (C=O) groups is 2. The fourth-order valence-corrected chi connectivity index (χ4v) is 3.17. The molecule has 0 saturated carbocycles. The number of likely N-dealkylation sites (tertiary alicyclic amines) is 1. The Balaban J connectivity index is 1.64. The fraction of sp³-hybridized carbons (Fsp3) is 0.263. The number of nitrogens with zero attached hydrogens (tertiary/aromatic N) is 1. The van der Waals surface area contributed by atoms with E-state index < -0.39 is 0 Å². The molecule has 0 spiro atoms. The zero-order valence-corrected chi connectivity index (χ0v) is 15.3. The SMILES string of the molecule is Cc1ccc(Cl)cc1NC(=O)C1CC(=O)N(Cc2ccc(Cl)cc2)C1. The smallest absolute Gasteiger partial charge is 0.229 e. The second-order valence-electron chi connectivity index (χ2n) is 6.25. The maximum atomic E-state index is 12.5. The highest BCUT2D eigenvalue weighted by Gasteiger charge is 2.34. The van der Waals surface area contributed by atoms with Crippen LogP contribution in [0.15, 0.2) is 42.5 Å². The van der Waals surface area contributed by atoms with E-state index in [-0.39, 0.29) is 24.2 Å². The monoisotopic (exact) mass is 376 g/mol. The van der Waals surface area contributed by atoms with Crippen molar-refractivity contribution >= 4 is 40.7 Å². The van der Waals surface area contributed by atoms with Gasteiger partial charge in [-0.05, 0) is 42.3 Å². The Morgan fingerprint density at radius 2 is 1.84 bits per heavy atom. The number of hydrogen-bond donors (Lipinski definition) is 1. The van der Waals surface area contributed by atoms with E-state index in [0.29, 0.717) is 28.8 Å². The summed E-state index contributed by atoms with van der Waals surface area (Å²) in [5, 5.41) is 4.11. The van der Waals surface area contributed by atoms with Crippen LogP contribution in [0.5, 0.6) is 0 Å². The van der Waals surface area contributed by atoms with E-state index in [9.17, 15) is 9.59 Å². The highest BCUT2D eigenvalue weighted by molar-refractivity contribution is 6.31. The zero-order valence-electron chi connectivity index (χ0n) is 13.8. The first-order chi connectivity index (χ1) is 11.9. The number of hydrogen-bond acceptors (Lipinski definition) is 2. The van der Waals surface area contributed by atoms with Crippen molar-refractivity contribution in [2.45, 2.75) is 19.9 Å². The number of nitrogens with one attached hydrogen (secondary N) is 1. The Hall–Kier alpha value is -2.04. The van der Waals surface area contributed by atoms with Crippen molar-refractivity contribution in [2.75, 3.05) is 11.9 Å². The molecule has 1 atom stereocenters. The van der Waals surface area contributed by atoms with E-state index in [0.717, 1.165) is 11.1 Å². The quantitative estimate of drug-likeness (QED) is 0.864. The van der Waals surface area contributed by atoms with Gasteiger partial charge in [-0.25, -0.2) is 0 Å². The lowest BCUT2D eigenvalue weighted by Gasteiger charge is -2.17. The maximum Gasteiger partial charge on any atom is 0.229 e. The van der Waals surface area contributed by atoms with Gasteiger partial charge in [0.1, 0.15) is 0 Å². The molecular formula is C19H18Cl2N2O2. The van der Waals surface area contributed by atoms with Crippen molar-refractivity contribution in [1.29, 1.82) is 0 Å². The minimum absolute atomic E-state index is 0.0158. The Morgan fingerprint density at radius 3 is 2.56 bits per heavy atom. The summed E-state index contributed by atoms with van der Waals surface area (Å²) in [5.74, 6) is -0.534. The van der Waals surface area contributed by atoms with Crippen LogP contribution in [0.2, 0.25) is 10.0 Å². The molecule has 0 aromatic heterocycles. The predicted molar refractivity (Wildman–Crippen MR) is 99.8 cm³/mol. The van der Waals surface area contributed by atoms with Crippen LogP contribution in [0.4, 0.5) is 5.69 Å². The lowest BCUT2D eigenvalue weighted by atomic mass is 10.1. The number of rotatable bonds is 4. The molecule has 1 N–H and O–H groups in total. The molecule has 3 rings (SSSR count). The molecule has 1 heterocycles. The fourth-order valence-electron chi connectivity index (χ4n) is 2.87. The topological polar surface area (TPSA) is 49.4 Å². The lowest BCUT2D eigenvalue weighted by Crippen LogP contribution is -2.28. The van der Waals surface area contributed by atoms with Crippen LogP contribution >= 0.6 is 23.2 Å². The molecule has 2 amide bonds. The minimum Gasteiger partial charge on any atom is -0.338 e. The van der Waals surface area contributed by atoms with Gasteiger partial charge >= 0.3 is 0 Å². The van der Waals surface area contributed by atoms with Gasteiger partial charge in [-0.1, -0.05) is 41.4 Å². The van der Waals surface area contributed by atoms with Crippen LogP contribution in [-0.2, 0) is 16.1 Å². The molecule has 2 aromatic carbocycles. The van der Waals surface area contributed by atoms with E-state index in [1.807, 2.05) is 25.1 Å². The van der Waals surface area contributed by atoms with Crippen molar-refractivity contribution < 1.29 is 9.59 Å². The Labute approximate surface area is 156 Å². The molecule has 1 saturated heterocycles. The molecule has 6 heteroatoms. The molecule has 1 unspecified atom stereocenters. The molecule has 1 aliphatic heterocycles. The average Bonchev–Trinajstić information content (AvgIpc) is 2.94. The normalized spacial score (nSPS) is 17.0. The van der Waals surface area contributed by atoms with Crippen LogP contribution < -0.4 is 5.32 Å². The van der Waals surface area contributed by atoms with Gasteiger partial charge in [-0.15, -0.1) is 0 Å². The van der Waals surface area contributed by atoms with Gasteiger partial charge in [0.15, 0.2) is 0 Å². The average molecular weight is 377 g/mol. The summed E-state index contributed by atoms with van der Waals surface area (Å²) in [4.78, 5) is 26.5. The van der Waals surface area contributed by atoms with Crippen molar-refractivity contribution in [1.82, 2.24) is 4.90 Å². The van der Waals surface area contributed by atoms with Crippen molar-refractivity contribution in [3.8, 4) is 0 Å². The number of halogens is 2. The molecule has 2 aromatic rings. The molecular weight excluding hydrogens is 359 g/mol. The van der Waals surface area contributed by atoms with E-state index in [2.05, 4.69) is 5.32 Å². The number of aryl methyl sites for hydroxylation is 1. The van der Waals surface area contributed by atoms with Crippen LogP contribution in [0.1, 0.15) is 17.5 Å². The molecule has 0 radical (unpaired) electrons. The van der Waals surface area contributed by atoms with Gasteiger partial charge < -0.3 is 10.2 Å². The summed E-state index contributed by atoms with van der Waals surface area (Å²) in [6.07, 6.45) is 0.221. The summed E-state index contributed by atoms with van der Waals surface area (Å²) in [7, 11) is 0. The number of amides is 2. The molecule has 0 bridgehead atoms. The van der Waals surface area contributed by atoms with E-state index in [4.69, 9.17) is 23.2 Å². The van der Waals surface area contributed by atoms with Crippen LogP contribution in [-0.4, -0.2) is 23.3 Å². The van der Waals surface area contributed by atoms with Gasteiger partial charge in [0.05, 0.1) is 5.92 Å². The van der Waals surface area contributed by atoms with E-state index in [1.165, 1.54) is 0 Å². The van der Waals surface area contributed by atoms with Gasteiger partial charge in [0.25, 0.3) is 0 Å². The lowest BCUT2D eigenvalue weighted by molar-refractivity contribution is -0.128. The first-order valence-corrected chi connectivity index (χ1v) is 8.77. The second-order valence-corrected chi connectivity index (χ2v) is 7.12. The highest BCUT2D eigenvalue weighted by atomic mass is 35.5. The molecule has 130 valence electrons. The molecule has 25 heavy (non-hydrogen) atoms.